The normalized spacial score (nSPS) is 16.8. The van der Waals surface area contributed by atoms with E-state index in [2.05, 4.69) is 0 Å². The van der Waals surface area contributed by atoms with Crippen LogP contribution < -0.4 is 0 Å². The van der Waals surface area contributed by atoms with Gasteiger partial charge in [0.15, 0.2) is 0 Å². The molecular weight excluding hydrogens is 108 g/mol. The van der Waals surface area contributed by atoms with Crippen LogP contribution in [0.5, 0.6) is 0 Å². The Morgan fingerprint density at radius 1 is 1.50 bits per heavy atom. The van der Waals surface area contributed by atoms with Crippen molar-refractivity contribution in [3.05, 3.63) is 12.4 Å². The highest BCUT2D eigenvalue weighted by molar-refractivity contribution is 4.83. The van der Waals surface area contributed by atoms with Crippen molar-refractivity contribution in [2.24, 2.45) is 0 Å². The van der Waals surface area contributed by atoms with E-state index in [0.29, 0.717) is 6.67 Å². The van der Waals surface area contributed by atoms with E-state index in [0.717, 1.165) is 5.06 Å². The number of hydrogen-bond acceptors (Lipinski definition) is 3. The molecule has 0 atom stereocenters. The fourth-order valence-corrected chi connectivity index (χ4v) is 0.514. The highest BCUT2D eigenvalue weighted by Crippen LogP contribution is 1.97. The van der Waals surface area contributed by atoms with Crippen molar-refractivity contribution >= 4 is 0 Å². The monoisotopic (exact) mass is 118 g/mol. The minimum absolute atomic E-state index is 0. The third-order valence-electron chi connectivity index (χ3n) is 0.861. The average molecular weight is 118 g/mol. The summed E-state index contributed by atoms with van der Waals surface area (Å²) in [6.45, 7) is 0.583. The van der Waals surface area contributed by atoms with E-state index in [9.17, 15) is 0 Å². The van der Waals surface area contributed by atoms with Gasteiger partial charge >= 0.3 is 0 Å². The molecule has 0 bridgehead atoms. The van der Waals surface area contributed by atoms with Crippen LogP contribution in [0.2, 0.25) is 0 Å². The van der Waals surface area contributed by atoms with Crippen LogP contribution in [0.25, 0.3) is 0 Å². The smallest absolute Gasteiger partial charge is 0.115 e. The molecule has 1 aliphatic rings. The minimum atomic E-state index is 0. The van der Waals surface area contributed by atoms with E-state index >= 15 is 0 Å². The summed E-state index contributed by atoms with van der Waals surface area (Å²) in [6.07, 6.45) is 3.42. The zero-order valence-electron chi connectivity index (χ0n) is 4.70. The number of hydrogen-bond donors (Lipinski definition) is 1. The SMILES string of the molecule is CN1C=CN(O)C1.O. The highest BCUT2D eigenvalue weighted by Gasteiger charge is 2.01. The molecule has 0 spiro atoms. The summed E-state index contributed by atoms with van der Waals surface area (Å²) >= 11 is 0. The molecule has 4 nitrogen and oxygen atoms in total. The highest BCUT2D eigenvalue weighted by atomic mass is 16.5. The van der Waals surface area contributed by atoms with Crippen LogP contribution in [0.15, 0.2) is 12.4 Å². The first-order valence-corrected chi connectivity index (χ1v) is 2.13. The second-order valence-corrected chi connectivity index (χ2v) is 1.64. The van der Waals surface area contributed by atoms with Gasteiger partial charge in [-0.2, -0.15) is 0 Å². The van der Waals surface area contributed by atoms with Crippen molar-refractivity contribution < 1.29 is 10.7 Å². The van der Waals surface area contributed by atoms with E-state index in [-0.39, 0.29) is 5.48 Å². The molecule has 4 heteroatoms. The molecule has 8 heavy (non-hydrogen) atoms. The summed E-state index contributed by atoms with van der Waals surface area (Å²) in [4.78, 5) is 1.88. The third-order valence-corrected chi connectivity index (χ3v) is 0.861. The van der Waals surface area contributed by atoms with Gasteiger partial charge in [-0.15, -0.1) is 0 Å². The Hall–Kier alpha value is -0.740. The second kappa shape index (κ2) is 2.54. The molecule has 3 N–H and O–H groups in total. The Kier molecular flexibility index (Phi) is 2.30. The lowest BCUT2D eigenvalue weighted by Gasteiger charge is -2.08. The Labute approximate surface area is 47.9 Å². The maximum Gasteiger partial charge on any atom is 0.115 e. The molecule has 0 aromatic rings. The number of nitrogens with zero attached hydrogens (tertiary/aromatic N) is 2. The van der Waals surface area contributed by atoms with Crippen LogP contribution in [0.1, 0.15) is 0 Å². The van der Waals surface area contributed by atoms with Gasteiger partial charge < -0.3 is 10.4 Å². The molecular formula is C4H10N2O2. The van der Waals surface area contributed by atoms with Gasteiger partial charge in [-0.3, -0.25) is 5.21 Å². The molecule has 0 amide bonds. The summed E-state index contributed by atoms with van der Waals surface area (Å²) in [6, 6.07) is 0. The lowest BCUT2D eigenvalue weighted by molar-refractivity contribution is -0.0513. The standard InChI is InChI=1S/C4H8N2O.H2O/c1-5-2-3-6(7)4-5;/h2-3,7H,4H2,1H3;1H2. The van der Waals surface area contributed by atoms with Crippen molar-refractivity contribution in [3.8, 4) is 0 Å². The predicted octanol–water partition coefficient (Wildman–Crippen LogP) is -0.773. The van der Waals surface area contributed by atoms with Crippen LogP contribution in [-0.2, 0) is 0 Å². The van der Waals surface area contributed by atoms with E-state index in [1.54, 1.807) is 12.4 Å². The Morgan fingerprint density at radius 3 is 2.25 bits per heavy atom. The summed E-state index contributed by atoms with van der Waals surface area (Å²) in [5.41, 5.74) is 0. The maximum absolute atomic E-state index is 8.60. The first-order chi connectivity index (χ1) is 3.29. The van der Waals surface area contributed by atoms with E-state index in [1.807, 2.05) is 11.9 Å². The Morgan fingerprint density at radius 2 is 2.12 bits per heavy atom. The number of hydroxylamine groups is 2. The van der Waals surface area contributed by atoms with Crippen molar-refractivity contribution in [3.63, 3.8) is 0 Å². The van der Waals surface area contributed by atoms with Gasteiger partial charge in [-0.05, 0) is 0 Å². The van der Waals surface area contributed by atoms with Gasteiger partial charge in [0.05, 0.1) is 0 Å². The molecule has 0 aromatic heterocycles. The van der Waals surface area contributed by atoms with Crippen molar-refractivity contribution in [2.45, 2.75) is 0 Å². The summed E-state index contributed by atoms with van der Waals surface area (Å²) < 4.78 is 0. The fourth-order valence-electron chi connectivity index (χ4n) is 0.514. The zero-order chi connectivity index (χ0) is 5.28. The van der Waals surface area contributed by atoms with Gasteiger partial charge in [0, 0.05) is 19.4 Å². The molecule has 0 radical (unpaired) electrons. The molecule has 0 aliphatic carbocycles. The maximum atomic E-state index is 8.60. The first kappa shape index (κ1) is 7.26. The average Bonchev–Trinajstić information content (AvgIpc) is 1.87. The second-order valence-electron chi connectivity index (χ2n) is 1.64. The predicted molar refractivity (Wildman–Crippen MR) is 29.0 cm³/mol. The van der Waals surface area contributed by atoms with Gasteiger partial charge in [0.1, 0.15) is 6.67 Å². The lowest BCUT2D eigenvalue weighted by Crippen LogP contribution is -2.18. The van der Waals surface area contributed by atoms with Crippen LogP contribution in [0.3, 0.4) is 0 Å². The summed E-state index contributed by atoms with van der Waals surface area (Å²) in [5.74, 6) is 0. The molecule has 48 valence electrons. The van der Waals surface area contributed by atoms with Crippen LogP contribution >= 0.6 is 0 Å². The lowest BCUT2D eigenvalue weighted by atomic mass is 10.9. The Bertz CT molecular complexity index is 84.0. The van der Waals surface area contributed by atoms with Gasteiger partial charge in [-0.1, -0.05) is 0 Å². The van der Waals surface area contributed by atoms with Gasteiger partial charge in [0.25, 0.3) is 0 Å². The van der Waals surface area contributed by atoms with Gasteiger partial charge in [0.2, 0.25) is 0 Å². The molecule has 0 fully saturated rings. The van der Waals surface area contributed by atoms with Crippen LogP contribution in [-0.4, -0.2) is 34.4 Å². The van der Waals surface area contributed by atoms with Crippen LogP contribution in [0, 0.1) is 0 Å². The van der Waals surface area contributed by atoms with E-state index in [4.69, 9.17) is 5.21 Å². The fraction of sp³-hybridized carbons (Fsp3) is 0.500. The minimum Gasteiger partial charge on any atom is -0.412 e. The summed E-state index contributed by atoms with van der Waals surface area (Å²) in [7, 11) is 1.90. The zero-order valence-corrected chi connectivity index (χ0v) is 4.70. The summed E-state index contributed by atoms with van der Waals surface area (Å²) in [5, 5.41) is 9.73. The van der Waals surface area contributed by atoms with Crippen molar-refractivity contribution in [2.75, 3.05) is 13.7 Å². The molecule has 1 rings (SSSR count). The van der Waals surface area contributed by atoms with Crippen LogP contribution in [0.4, 0.5) is 0 Å². The quantitative estimate of drug-likeness (QED) is 0.454. The molecule has 1 aliphatic heterocycles. The molecule has 1 heterocycles. The van der Waals surface area contributed by atoms with Crippen molar-refractivity contribution in [1.29, 1.82) is 0 Å². The molecule has 0 saturated carbocycles. The van der Waals surface area contributed by atoms with Crippen molar-refractivity contribution in [1.82, 2.24) is 9.96 Å². The van der Waals surface area contributed by atoms with Gasteiger partial charge in [-0.25, -0.2) is 5.06 Å². The molecule has 0 aromatic carbocycles. The Balaban J connectivity index is 0.000000490. The molecule has 0 unspecified atom stereocenters. The first-order valence-electron chi connectivity index (χ1n) is 2.13. The molecule has 0 saturated heterocycles. The van der Waals surface area contributed by atoms with E-state index in [1.165, 1.54) is 0 Å². The van der Waals surface area contributed by atoms with E-state index < -0.39 is 0 Å². The largest absolute Gasteiger partial charge is 0.412 e. The third kappa shape index (κ3) is 1.40. The number of rotatable bonds is 0. The topological polar surface area (TPSA) is 58.2 Å².